The summed E-state index contributed by atoms with van der Waals surface area (Å²) in [4.78, 5) is 11.9. The van der Waals surface area contributed by atoms with E-state index in [-0.39, 0.29) is 6.03 Å². The molecule has 0 aliphatic rings. The van der Waals surface area contributed by atoms with Crippen LogP contribution in [0.1, 0.15) is 42.0 Å². The fourth-order valence-electron chi connectivity index (χ4n) is 2.29. The smallest absolute Gasteiger partial charge is 0.306 e. The first kappa shape index (κ1) is 16.7. The molecule has 0 atom stereocenters. The molecule has 0 spiro atoms. The molecule has 2 N–H and O–H groups in total. The quantitative estimate of drug-likeness (QED) is 0.630. The van der Waals surface area contributed by atoms with Gasteiger partial charge in [0.2, 0.25) is 0 Å². The summed E-state index contributed by atoms with van der Waals surface area (Å²) in [5, 5.41) is 6.81. The van der Waals surface area contributed by atoms with Gasteiger partial charge in [-0.1, -0.05) is 56.3 Å². The van der Waals surface area contributed by atoms with Gasteiger partial charge in [0, 0.05) is 5.69 Å². The van der Waals surface area contributed by atoms with Crippen LogP contribution in [-0.4, -0.2) is 12.2 Å². The number of benzene rings is 2. The van der Waals surface area contributed by atoms with Gasteiger partial charge in [-0.25, -0.2) is 10.2 Å². The maximum atomic E-state index is 11.9. The zero-order valence-corrected chi connectivity index (χ0v) is 14.1. The molecule has 0 heterocycles. The van der Waals surface area contributed by atoms with Crippen molar-refractivity contribution in [2.45, 2.75) is 33.6 Å². The van der Waals surface area contributed by atoms with E-state index in [4.69, 9.17) is 0 Å². The van der Waals surface area contributed by atoms with Crippen molar-refractivity contribution in [1.29, 1.82) is 0 Å². The van der Waals surface area contributed by atoms with Crippen molar-refractivity contribution in [2.24, 2.45) is 5.10 Å². The molecule has 0 aromatic heterocycles. The Morgan fingerprint density at radius 2 is 1.65 bits per heavy atom. The van der Waals surface area contributed by atoms with Crippen LogP contribution in [0.3, 0.4) is 0 Å². The van der Waals surface area contributed by atoms with Gasteiger partial charge in [-0.2, -0.15) is 5.10 Å². The number of aryl methyl sites for hydroxylation is 2. The minimum atomic E-state index is -0.350. The Morgan fingerprint density at radius 3 is 2.22 bits per heavy atom. The number of urea groups is 1. The highest BCUT2D eigenvalue weighted by molar-refractivity contribution is 5.91. The molecule has 4 nitrogen and oxygen atoms in total. The van der Waals surface area contributed by atoms with E-state index in [1.54, 1.807) is 6.21 Å². The van der Waals surface area contributed by atoms with Gasteiger partial charge in [-0.3, -0.25) is 0 Å². The third-order valence-corrected chi connectivity index (χ3v) is 3.70. The van der Waals surface area contributed by atoms with Crippen LogP contribution in [0.2, 0.25) is 0 Å². The van der Waals surface area contributed by atoms with Gasteiger partial charge in [-0.15, -0.1) is 0 Å². The van der Waals surface area contributed by atoms with Crippen molar-refractivity contribution in [1.82, 2.24) is 5.43 Å². The summed E-state index contributed by atoms with van der Waals surface area (Å²) in [5.41, 5.74) is 7.58. The van der Waals surface area contributed by atoms with E-state index in [1.807, 2.05) is 44.2 Å². The average molecular weight is 309 g/mol. The van der Waals surface area contributed by atoms with Gasteiger partial charge in [-0.05, 0) is 42.0 Å². The molecule has 23 heavy (non-hydrogen) atoms. The first-order valence-corrected chi connectivity index (χ1v) is 7.73. The van der Waals surface area contributed by atoms with Crippen LogP contribution in [0.15, 0.2) is 47.6 Å². The molecule has 0 bridgehead atoms. The summed E-state index contributed by atoms with van der Waals surface area (Å²) < 4.78 is 0. The van der Waals surface area contributed by atoms with Crippen molar-refractivity contribution in [3.63, 3.8) is 0 Å². The number of nitrogens with zero attached hydrogens (tertiary/aromatic N) is 1. The Labute approximate surface area is 137 Å². The van der Waals surface area contributed by atoms with E-state index in [0.29, 0.717) is 5.92 Å². The van der Waals surface area contributed by atoms with Crippen molar-refractivity contribution >= 4 is 17.9 Å². The summed E-state index contributed by atoms with van der Waals surface area (Å²) >= 11 is 0. The van der Waals surface area contributed by atoms with E-state index >= 15 is 0 Å². The predicted molar refractivity (Wildman–Crippen MR) is 96.2 cm³/mol. The first-order chi connectivity index (χ1) is 11.0. The van der Waals surface area contributed by atoms with Crippen molar-refractivity contribution in [3.05, 3.63) is 64.7 Å². The molecule has 0 saturated heterocycles. The lowest BCUT2D eigenvalue weighted by Crippen LogP contribution is -2.25. The molecule has 2 amide bonds. The number of hydrogen-bond acceptors (Lipinski definition) is 2. The average Bonchev–Trinajstić information content (AvgIpc) is 2.51. The number of hydrogen-bond donors (Lipinski definition) is 2. The first-order valence-electron chi connectivity index (χ1n) is 7.73. The van der Waals surface area contributed by atoms with Gasteiger partial charge in [0.1, 0.15) is 0 Å². The summed E-state index contributed by atoms with van der Waals surface area (Å²) in [6.45, 7) is 8.23. The van der Waals surface area contributed by atoms with Gasteiger partial charge in [0.15, 0.2) is 0 Å². The predicted octanol–water partition coefficient (Wildman–Crippen LogP) is 4.58. The van der Waals surface area contributed by atoms with Gasteiger partial charge in [0.25, 0.3) is 0 Å². The third kappa shape index (κ3) is 4.68. The van der Waals surface area contributed by atoms with Crippen LogP contribution in [0.4, 0.5) is 10.5 Å². The fraction of sp³-hybridized carbons (Fsp3) is 0.263. The Kier molecular flexibility index (Phi) is 5.52. The Hall–Kier alpha value is -2.62. The topological polar surface area (TPSA) is 53.5 Å². The third-order valence-electron chi connectivity index (χ3n) is 3.70. The lowest BCUT2D eigenvalue weighted by atomic mass is 10.0. The minimum absolute atomic E-state index is 0.350. The zero-order valence-electron chi connectivity index (χ0n) is 14.1. The van der Waals surface area contributed by atoms with E-state index < -0.39 is 0 Å². The Bertz CT molecular complexity index is 683. The molecule has 2 aromatic carbocycles. The van der Waals surface area contributed by atoms with Gasteiger partial charge >= 0.3 is 6.03 Å². The van der Waals surface area contributed by atoms with Crippen LogP contribution in [0.25, 0.3) is 0 Å². The molecular formula is C19H23N3O. The maximum absolute atomic E-state index is 11.9. The molecule has 2 aromatic rings. The zero-order chi connectivity index (χ0) is 16.8. The van der Waals surface area contributed by atoms with Crippen molar-refractivity contribution < 1.29 is 4.79 Å². The molecule has 0 radical (unpaired) electrons. The van der Waals surface area contributed by atoms with Crippen LogP contribution >= 0.6 is 0 Å². The number of carbonyl (C=O) groups is 1. The van der Waals surface area contributed by atoms with Crippen molar-refractivity contribution in [2.75, 3.05) is 5.32 Å². The summed E-state index contributed by atoms with van der Waals surface area (Å²) in [6.07, 6.45) is 1.63. The van der Waals surface area contributed by atoms with E-state index in [1.165, 1.54) is 5.56 Å². The minimum Gasteiger partial charge on any atom is -0.306 e. The summed E-state index contributed by atoms with van der Waals surface area (Å²) in [6, 6.07) is 13.7. The second-order valence-corrected chi connectivity index (χ2v) is 5.91. The normalized spacial score (nSPS) is 11.0. The highest BCUT2D eigenvalue weighted by Crippen LogP contribution is 2.19. The fourth-order valence-corrected chi connectivity index (χ4v) is 2.29. The number of nitrogens with one attached hydrogen (secondary N) is 2. The second kappa shape index (κ2) is 7.58. The number of para-hydroxylation sites is 1. The summed E-state index contributed by atoms with van der Waals surface area (Å²) in [5.74, 6) is 0.502. The largest absolute Gasteiger partial charge is 0.339 e. The monoisotopic (exact) mass is 309 g/mol. The lowest BCUT2D eigenvalue weighted by molar-refractivity contribution is 0.252. The highest BCUT2D eigenvalue weighted by Gasteiger charge is 2.05. The van der Waals surface area contributed by atoms with E-state index in [0.717, 1.165) is 22.4 Å². The van der Waals surface area contributed by atoms with Gasteiger partial charge in [0.05, 0.1) is 6.21 Å². The standard InChI is InChI=1S/C19H23N3O/c1-13(2)17-10-8-16(9-11-17)12-20-22-19(23)21-18-14(3)6-5-7-15(18)4/h5-13H,1-4H3,(H2,21,22,23)/b20-12+. The molecule has 0 fully saturated rings. The highest BCUT2D eigenvalue weighted by atomic mass is 16.2. The van der Waals surface area contributed by atoms with Crippen LogP contribution < -0.4 is 10.7 Å². The van der Waals surface area contributed by atoms with E-state index in [2.05, 4.69) is 41.8 Å². The Balaban J connectivity index is 1.93. The maximum Gasteiger partial charge on any atom is 0.339 e. The molecule has 0 aliphatic heterocycles. The van der Waals surface area contributed by atoms with Crippen LogP contribution in [-0.2, 0) is 0 Å². The van der Waals surface area contributed by atoms with Crippen molar-refractivity contribution in [3.8, 4) is 0 Å². The van der Waals surface area contributed by atoms with Crippen LogP contribution in [0.5, 0.6) is 0 Å². The molecule has 0 saturated carbocycles. The number of amides is 2. The SMILES string of the molecule is Cc1cccc(C)c1NC(=O)N/N=C/c1ccc(C(C)C)cc1. The number of carbonyl (C=O) groups excluding carboxylic acids is 1. The molecular weight excluding hydrogens is 286 g/mol. The van der Waals surface area contributed by atoms with Crippen LogP contribution in [0, 0.1) is 13.8 Å². The number of hydrazone groups is 1. The van der Waals surface area contributed by atoms with E-state index in [9.17, 15) is 4.79 Å². The summed E-state index contributed by atoms with van der Waals surface area (Å²) in [7, 11) is 0. The molecule has 4 heteroatoms. The molecule has 120 valence electrons. The molecule has 2 rings (SSSR count). The molecule has 0 unspecified atom stereocenters. The second-order valence-electron chi connectivity index (χ2n) is 5.91. The Morgan fingerprint density at radius 1 is 1.04 bits per heavy atom. The number of anilines is 1. The number of rotatable bonds is 4. The lowest BCUT2D eigenvalue weighted by Gasteiger charge is -2.10. The molecule has 0 aliphatic carbocycles. The van der Waals surface area contributed by atoms with Gasteiger partial charge < -0.3 is 5.32 Å².